The lowest BCUT2D eigenvalue weighted by Crippen LogP contribution is -2.00. The third kappa shape index (κ3) is 1.35. The monoisotopic (exact) mass is 210 g/mol. The van der Waals surface area contributed by atoms with E-state index in [9.17, 15) is 0 Å². The van der Waals surface area contributed by atoms with Crippen LogP contribution < -0.4 is 0 Å². The van der Waals surface area contributed by atoms with Crippen molar-refractivity contribution in [2.24, 2.45) is 0 Å². The summed E-state index contributed by atoms with van der Waals surface area (Å²) in [6.45, 7) is 1.96. The molecule has 2 aromatic heterocycles. The van der Waals surface area contributed by atoms with Gasteiger partial charge in [0.15, 0.2) is 5.82 Å². The van der Waals surface area contributed by atoms with Crippen molar-refractivity contribution in [1.29, 1.82) is 0 Å². The Labute approximate surface area is 92.6 Å². The van der Waals surface area contributed by atoms with Crippen molar-refractivity contribution in [3.63, 3.8) is 0 Å². The summed E-state index contributed by atoms with van der Waals surface area (Å²) in [6, 6.07) is 9.87. The molecule has 4 heteroatoms. The number of para-hydroxylation sites is 1. The predicted molar refractivity (Wildman–Crippen MR) is 61.4 cm³/mol. The highest BCUT2D eigenvalue weighted by molar-refractivity contribution is 5.84. The molecule has 0 fully saturated rings. The number of rotatable bonds is 1. The second-order valence-electron chi connectivity index (χ2n) is 3.62. The van der Waals surface area contributed by atoms with Gasteiger partial charge in [-0.15, -0.1) is 0 Å². The first-order chi connectivity index (χ1) is 7.84. The topological polar surface area (TPSA) is 43.6 Å². The summed E-state index contributed by atoms with van der Waals surface area (Å²) < 4.78 is 1.78. The second-order valence-corrected chi connectivity index (χ2v) is 3.62. The first kappa shape index (κ1) is 9.03. The second kappa shape index (κ2) is 3.41. The van der Waals surface area contributed by atoms with Crippen LogP contribution in [0.4, 0.5) is 0 Å². The van der Waals surface area contributed by atoms with E-state index in [0.29, 0.717) is 0 Å². The molecule has 3 rings (SSSR count). The van der Waals surface area contributed by atoms with Crippen LogP contribution in [0, 0.1) is 6.92 Å². The third-order valence-electron chi connectivity index (χ3n) is 2.46. The van der Waals surface area contributed by atoms with Crippen molar-refractivity contribution < 1.29 is 0 Å². The molecule has 0 aliphatic heterocycles. The quantitative estimate of drug-likeness (QED) is 0.618. The van der Waals surface area contributed by atoms with Gasteiger partial charge in [-0.1, -0.05) is 12.1 Å². The standard InChI is InChI=1S/C12H10N4/c1-9-6-7-16(15-9)12-10-4-2-3-5-11(10)13-8-14-12/h2-8H,1H3. The number of aromatic nitrogens is 4. The Morgan fingerprint density at radius 2 is 1.94 bits per heavy atom. The number of aryl methyl sites for hydroxylation is 1. The van der Waals surface area contributed by atoms with Gasteiger partial charge in [0.05, 0.1) is 11.2 Å². The van der Waals surface area contributed by atoms with E-state index in [1.54, 1.807) is 11.0 Å². The number of hydrogen-bond acceptors (Lipinski definition) is 3. The summed E-state index contributed by atoms with van der Waals surface area (Å²) in [5.74, 6) is 0.818. The maximum Gasteiger partial charge on any atom is 0.164 e. The molecule has 0 radical (unpaired) electrons. The molecule has 4 nitrogen and oxygen atoms in total. The van der Waals surface area contributed by atoms with Crippen molar-refractivity contribution in [3.05, 3.63) is 48.5 Å². The Kier molecular flexibility index (Phi) is 1.93. The average Bonchev–Trinajstić information content (AvgIpc) is 2.75. The summed E-state index contributed by atoms with van der Waals surface area (Å²) in [4.78, 5) is 8.50. The lowest BCUT2D eigenvalue weighted by molar-refractivity contribution is 0.836. The van der Waals surface area contributed by atoms with Crippen molar-refractivity contribution in [1.82, 2.24) is 19.7 Å². The molecule has 1 aromatic carbocycles. The van der Waals surface area contributed by atoms with Crippen molar-refractivity contribution >= 4 is 10.9 Å². The molecule has 0 saturated heterocycles. The van der Waals surface area contributed by atoms with E-state index in [2.05, 4.69) is 15.1 Å². The largest absolute Gasteiger partial charge is 0.236 e. The maximum absolute atomic E-state index is 4.36. The fraction of sp³-hybridized carbons (Fsp3) is 0.0833. The summed E-state index contributed by atoms with van der Waals surface area (Å²) in [7, 11) is 0. The number of hydrogen-bond donors (Lipinski definition) is 0. The molecule has 78 valence electrons. The summed E-state index contributed by atoms with van der Waals surface area (Å²) in [5, 5.41) is 5.36. The van der Waals surface area contributed by atoms with Crippen molar-refractivity contribution in [2.45, 2.75) is 6.92 Å². The molecule has 0 bridgehead atoms. The van der Waals surface area contributed by atoms with Gasteiger partial charge < -0.3 is 0 Å². The van der Waals surface area contributed by atoms with Crippen LogP contribution in [0.15, 0.2) is 42.9 Å². The van der Waals surface area contributed by atoms with Crippen LogP contribution >= 0.6 is 0 Å². The van der Waals surface area contributed by atoms with E-state index < -0.39 is 0 Å². The van der Waals surface area contributed by atoms with Crippen molar-refractivity contribution in [3.8, 4) is 5.82 Å². The number of benzene rings is 1. The Hall–Kier alpha value is -2.23. The van der Waals surface area contributed by atoms with Gasteiger partial charge in [-0.3, -0.25) is 0 Å². The Morgan fingerprint density at radius 3 is 2.75 bits per heavy atom. The maximum atomic E-state index is 4.36. The van der Waals surface area contributed by atoms with Crippen LogP contribution in [-0.2, 0) is 0 Å². The molecular formula is C12H10N4. The smallest absolute Gasteiger partial charge is 0.164 e. The van der Waals surface area contributed by atoms with E-state index >= 15 is 0 Å². The lowest BCUT2D eigenvalue weighted by Gasteiger charge is -2.03. The molecule has 16 heavy (non-hydrogen) atoms. The lowest BCUT2D eigenvalue weighted by atomic mass is 10.2. The highest BCUT2D eigenvalue weighted by Crippen LogP contribution is 2.17. The zero-order valence-electron chi connectivity index (χ0n) is 8.83. The van der Waals surface area contributed by atoms with Crippen LogP contribution in [0.25, 0.3) is 16.7 Å². The van der Waals surface area contributed by atoms with Crippen LogP contribution in [0.5, 0.6) is 0 Å². The van der Waals surface area contributed by atoms with Gasteiger partial charge in [0.1, 0.15) is 6.33 Å². The minimum atomic E-state index is 0.818. The summed E-state index contributed by atoms with van der Waals surface area (Å²) in [5.41, 5.74) is 1.91. The first-order valence-corrected chi connectivity index (χ1v) is 5.07. The molecule has 0 N–H and O–H groups in total. The molecule has 0 aliphatic rings. The Morgan fingerprint density at radius 1 is 1.06 bits per heavy atom. The van der Waals surface area contributed by atoms with Crippen molar-refractivity contribution in [2.75, 3.05) is 0 Å². The van der Waals surface area contributed by atoms with Crippen LogP contribution in [0.3, 0.4) is 0 Å². The van der Waals surface area contributed by atoms with E-state index in [1.807, 2.05) is 43.5 Å². The van der Waals surface area contributed by atoms with Gasteiger partial charge in [-0.2, -0.15) is 5.10 Å². The van der Waals surface area contributed by atoms with E-state index in [4.69, 9.17) is 0 Å². The Balaban J connectivity index is 2.31. The van der Waals surface area contributed by atoms with Crippen LogP contribution in [-0.4, -0.2) is 19.7 Å². The molecule has 0 amide bonds. The molecule has 0 aliphatic carbocycles. The van der Waals surface area contributed by atoms with Crippen LogP contribution in [0.2, 0.25) is 0 Å². The zero-order valence-corrected chi connectivity index (χ0v) is 8.83. The van der Waals surface area contributed by atoms with Gasteiger partial charge in [0.25, 0.3) is 0 Å². The summed E-state index contributed by atoms with van der Waals surface area (Å²) >= 11 is 0. The third-order valence-corrected chi connectivity index (χ3v) is 2.46. The molecule has 0 saturated carbocycles. The van der Waals surface area contributed by atoms with Crippen LogP contribution in [0.1, 0.15) is 5.69 Å². The average molecular weight is 210 g/mol. The fourth-order valence-electron chi connectivity index (χ4n) is 1.71. The molecule has 0 atom stereocenters. The number of nitrogens with zero attached hydrogens (tertiary/aromatic N) is 4. The van der Waals surface area contributed by atoms with E-state index in [-0.39, 0.29) is 0 Å². The van der Waals surface area contributed by atoms with Gasteiger partial charge in [-0.25, -0.2) is 14.6 Å². The molecular weight excluding hydrogens is 200 g/mol. The van der Waals surface area contributed by atoms with E-state index in [1.165, 1.54) is 0 Å². The normalized spacial score (nSPS) is 10.8. The molecule has 0 unspecified atom stereocenters. The van der Waals surface area contributed by atoms with Gasteiger partial charge in [0, 0.05) is 11.6 Å². The predicted octanol–water partition coefficient (Wildman–Crippen LogP) is 2.12. The SMILES string of the molecule is Cc1ccn(-c2ncnc3ccccc23)n1. The molecule has 0 spiro atoms. The highest BCUT2D eigenvalue weighted by atomic mass is 15.3. The molecule has 3 aromatic rings. The minimum absolute atomic E-state index is 0.818. The fourth-order valence-corrected chi connectivity index (χ4v) is 1.71. The summed E-state index contributed by atoms with van der Waals surface area (Å²) in [6.07, 6.45) is 3.47. The molecule has 2 heterocycles. The van der Waals surface area contributed by atoms with Gasteiger partial charge >= 0.3 is 0 Å². The zero-order chi connectivity index (χ0) is 11.0. The minimum Gasteiger partial charge on any atom is -0.236 e. The number of fused-ring (bicyclic) bond motifs is 1. The van der Waals surface area contributed by atoms with Gasteiger partial charge in [0.2, 0.25) is 0 Å². The highest BCUT2D eigenvalue weighted by Gasteiger charge is 2.05. The van der Waals surface area contributed by atoms with E-state index in [0.717, 1.165) is 22.4 Å². The van der Waals surface area contributed by atoms with Gasteiger partial charge in [-0.05, 0) is 25.1 Å². The first-order valence-electron chi connectivity index (χ1n) is 5.07. The Bertz CT molecular complexity index is 637.